The molecule has 1 aromatic rings. The average Bonchev–Trinajstić information content (AvgIpc) is 2.63. The van der Waals surface area contributed by atoms with Gasteiger partial charge in [0.15, 0.2) is 0 Å². The summed E-state index contributed by atoms with van der Waals surface area (Å²) in [6.07, 6.45) is 0. The summed E-state index contributed by atoms with van der Waals surface area (Å²) in [6, 6.07) is 3.73. The second-order valence-corrected chi connectivity index (χ2v) is 10.8. The second kappa shape index (κ2) is 5.21. The van der Waals surface area contributed by atoms with Crippen molar-refractivity contribution >= 4 is 21.6 Å². The number of hydrogen-bond donors (Lipinski definition) is 0. The van der Waals surface area contributed by atoms with Crippen molar-refractivity contribution in [2.75, 3.05) is 11.4 Å². The van der Waals surface area contributed by atoms with Crippen LogP contribution in [0, 0.1) is 16.6 Å². The molecule has 0 unspecified atom stereocenters. The molecule has 1 aliphatic heterocycles. The van der Waals surface area contributed by atoms with Crippen LogP contribution in [-0.2, 0) is 5.41 Å². The molecule has 1 nitrogen and oxygen atoms in total. The van der Waals surface area contributed by atoms with Crippen molar-refractivity contribution in [3.05, 3.63) is 28.0 Å². The first-order valence-electron chi connectivity index (χ1n) is 8.40. The number of anilines is 1. The van der Waals surface area contributed by atoms with Gasteiger partial charge in [-0.05, 0) is 65.2 Å². The van der Waals surface area contributed by atoms with Gasteiger partial charge in [0.1, 0.15) is 5.82 Å². The van der Waals surface area contributed by atoms with Gasteiger partial charge in [-0.2, -0.15) is 0 Å². The van der Waals surface area contributed by atoms with Crippen molar-refractivity contribution < 1.29 is 4.39 Å². The summed E-state index contributed by atoms with van der Waals surface area (Å²) < 4.78 is 14.9. The van der Waals surface area contributed by atoms with E-state index in [1.54, 1.807) is 6.07 Å². The summed E-state index contributed by atoms with van der Waals surface area (Å²) in [5, 5.41) is 0. The Morgan fingerprint density at radius 2 is 1.43 bits per heavy atom. The summed E-state index contributed by atoms with van der Waals surface area (Å²) in [7, 11) is 0. The Bertz CT molecular complexity index is 600. The Morgan fingerprint density at radius 1 is 0.957 bits per heavy atom. The predicted molar refractivity (Wildman–Crippen MR) is 102 cm³/mol. The van der Waals surface area contributed by atoms with Gasteiger partial charge in [-0.3, -0.25) is 0 Å². The summed E-state index contributed by atoms with van der Waals surface area (Å²) >= 11 is 3.41. The summed E-state index contributed by atoms with van der Waals surface area (Å²) in [6.45, 7) is 21.4. The van der Waals surface area contributed by atoms with Crippen LogP contribution in [-0.4, -0.2) is 12.1 Å². The molecule has 0 spiro atoms. The van der Waals surface area contributed by atoms with Gasteiger partial charge in [-0.1, -0.05) is 41.5 Å². The van der Waals surface area contributed by atoms with Crippen LogP contribution >= 0.6 is 15.9 Å². The van der Waals surface area contributed by atoms with Gasteiger partial charge in [-0.25, -0.2) is 4.39 Å². The van der Waals surface area contributed by atoms with E-state index in [0.717, 1.165) is 12.2 Å². The minimum atomic E-state index is -0.184. The quantitative estimate of drug-likeness (QED) is 0.491. The maximum atomic E-state index is 14.3. The monoisotopic (exact) mass is 383 g/mol. The maximum Gasteiger partial charge on any atom is 0.139 e. The normalized spacial score (nSPS) is 18.3. The Morgan fingerprint density at radius 3 is 1.83 bits per heavy atom. The highest BCUT2D eigenvalue weighted by molar-refractivity contribution is 9.10. The minimum absolute atomic E-state index is 0.0483. The molecule has 0 N–H and O–H groups in total. The van der Waals surface area contributed by atoms with Crippen molar-refractivity contribution in [1.29, 1.82) is 0 Å². The van der Waals surface area contributed by atoms with Gasteiger partial charge in [0, 0.05) is 23.2 Å². The zero-order valence-corrected chi connectivity index (χ0v) is 17.7. The SMILES string of the molecule is CC(C)(C)N1CC(C(C)(C)C)(C(C)(C)C)c2cc(Br)c(F)cc21. The molecule has 1 aliphatic rings. The molecular formula is C20H31BrFN. The van der Waals surface area contributed by atoms with Crippen LogP contribution in [0.1, 0.15) is 67.9 Å². The lowest BCUT2D eigenvalue weighted by molar-refractivity contribution is 0.0635. The van der Waals surface area contributed by atoms with E-state index in [1.165, 1.54) is 5.56 Å². The van der Waals surface area contributed by atoms with Crippen LogP contribution < -0.4 is 4.90 Å². The molecule has 0 aliphatic carbocycles. The Hall–Kier alpha value is -0.570. The van der Waals surface area contributed by atoms with Crippen LogP contribution in [0.15, 0.2) is 16.6 Å². The highest BCUT2D eigenvalue weighted by atomic mass is 79.9. The molecule has 0 radical (unpaired) electrons. The van der Waals surface area contributed by atoms with E-state index < -0.39 is 0 Å². The molecule has 0 atom stereocenters. The molecule has 3 heteroatoms. The molecule has 2 rings (SSSR count). The Labute approximate surface area is 149 Å². The van der Waals surface area contributed by atoms with Crippen LogP contribution in [0.2, 0.25) is 0 Å². The zero-order valence-electron chi connectivity index (χ0n) is 16.1. The molecule has 23 heavy (non-hydrogen) atoms. The fourth-order valence-electron chi connectivity index (χ4n) is 4.51. The molecule has 130 valence electrons. The maximum absolute atomic E-state index is 14.3. The lowest BCUT2D eigenvalue weighted by atomic mass is 9.52. The fraction of sp³-hybridized carbons (Fsp3) is 0.700. The van der Waals surface area contributed by atoms with E-state index in [-0.39, 0.29) is 27.6 Å². The third kappa shape index (κ3) is 2.73. The average molecular weight is 384 g/mol. The Balaban J connectivity index is 2.87. The molecule has 0 bridgehead atoms. The van der Waals surface area contributed by atoms with Gasteiger partial charge in [0.2, 0.25) is 0 Å². The zero-order chi connectivity index (χ0) is 18.0. The largest absolute Gasteiger partial charge is 0.365 e. The lowest BCUT2D eigenvalue weighted by Crippen LogP contribution is -2.55. The molecule has 1 aromatic carbocycles. The minimum Gasteiger partial charge on any atom is -0.365 e. The van der Waals surface area contributed by atoms with Crippen LogP contribution in [0.5, 0.6) is 0 Å². The number of benzene rings is 1. The third-order valence-corrected chi connectivity index (χ3v) is 6.16. The van der Waals surface area contributed by atoms with E-state index in [0.29, 0.717) is 4.47 Å². The molecule has 0 saturated heterocycles. The summed E-state index contributed by atoms with van der Waals surface area (Å²) in [5.74, 6) is -0.184. The highest BCUT2D eigenvalue weighted by Gasteiger charge is 2.58. The molecule has 0 saturated carbocycles. The van der Waals surface area contributed by atoms with Gasteiger partial charge in [-0.15, -0.1) is 0 Å². The van der Waals surface area contributed by atoms with Crippen LogP contribution in [0.25, 0.3) is 0 Å². The van der Waals surface area contributed by atoms with Crippen molar-refractivity contribution in [2.45, 2.75) is 73.3 Å². The van der Waals surface area contributed by atoms with Gasteiger partial charge in [0.05, 0.1) is 4.47 Å². The molecule has 0 aromatic heterocycles. The van der Waals surface area contributed by atoms with Crippen molar-refractivity contribution in [1.82, 2.24) is 0 Å². The predicted octanol–water partition coefficient (Wildman–Crippen LogP) is 6.54. The number of fused-ring (bicyclic) bond motifs is 1. The van der Waals surface area contributed by atoms with Crippen molar-refractivity contribution in [3.8, 4) is 0 Å². The van der Waals surface area contributed by atoms with E-state index in [1.807, 2.05) is 6.07 Å². The van der Waals surface area contributed by atoms with Gasteiger partial charge < -0.3 is 4.90 Å². The smallest absolute Gasteiger partial charge is 0.139 e. The van der Waals surface area contributed by atoms with E-state index >= 15 is 0 Å². The molecular weight excluding hydrogens is 353 g/mol. The van der Waals surface area contributed by atoms with E-state index in [9.17, 15) is 4.39 Å². The number of halogens is 2. The molecule has 1 heterocycles. The standard InChI is InChI=1S/C20H31BrFN/c1-17(2,3)20(18(4,5)6)12-23(19(7,8)9)16-11-15(22)14(21)10-13(16)20/h10-11H,12H2,1-9H3. The first kappa shape index (κ1) is 18.8. The second-order valence-electron chi connectivity index (χ2n) is 9.95. The Kier molecular flexibility index (Phi) is 4.25. The first-order valence-corrected chi connectivity index (χ1v) is 9.19. The van der Waals surface area contributed by atoms with Crippen molar-refractivity contribution in [3.63, 3.8) is 0 Å². The van der Waals surface area contributed by atoms with E-state index in [2.05, 4.69) is 83.1 Å². The summed E-state index contributed by atoms with van der Waals surface area (Å²) in [5.41, 5.74) is 2.31. The van der Waals surface area contributed by atoms with Gasteiger partial charge >= 0.3 is 0 Å². The van der Waals surface area contributed by atoms with Crippen LogP contribution in [0.4, 0.5) is 10.1 Å². The third-order valence-electron chi connectivity index (χ3n) is 5.55. The molecule has 0 fully saturated rings. The lowest BCUT2D eigenvalue weighted by Gasteiger charge is -2.53. The number of rotatable bonds is 0. The van der Waals surface area contributed by atoms with Crippen molar-refractivity contribution in [2.24, 2.45) is 10.8 Å². The van der Waals surface area contributed by atoms with Gasteiger partial charge in [0.25, 0.3) is 0 Å². The fourth-order valence-corrected chi connectivity index (χ4v) is 4.86. The number of hydrogen-bond acceptors (Lipinski definition) is 1. The topological polar surface area (TPSA) is 3.24 Å². The highest BCUT2D eigenvalue weighted by Crippen LogP contribution is 2.61. The summed E-state index contributed by atoms with van der Waals surface area (Å²) in [4.78, 5) is 2.38. The van der Waals surface area contributed by atoms with E-state index in [4.69, 9.17) is 0 Å². The number of nitrogens with zero attached hydrogens (tertiary/aromatic N) is 1. The first-order chi connectivity index (χ1) is 10.1. The van der Waals surface area contributed by atoms with Crippen LogP contribution in [0.3, 0.4) is 0 Å². The molecule has 0 amide bonds.